The van der Waals surface area contributed by atoms with Crippen LogP contribution in [0.4, 0.5) is 10.1 Å². The molecule has 0 bridgehead atoms. The van der Waals surface area contributed by atoms with Gasteiger partial charge in [-0.25, -0.2) is 4.39 Å². The third-order valence-electron chi connectivity index (χ3n) is 2.55. The van der Waals surface area contributed by atoms with Crippen LogP contribution in [0.2, 0.25) is 0 Å². The van der Waals surface area contributed by atoms with Gasteiger partial charge in [-0.15, -0.1) is 0 Å². The second-order valence-corrected chi connectivity index (χ2v) is 3.52. The minimum absolute atomic E-state index is 0.209. The summed E-state index contributed by atoms with van der Waals surface area (Å²) in [7, 11) is 1.94. The van der Waals surface area contributed by atoms with E-state index >= 15 is 0 Å². The summed E-state index contributed by atoms with van der Waals surface area (Å²) < 4.78 is 13.4. The Morgan fingerprint density at radius 3 is 3.07 bits per heavy atom. The summed E-state index contributed by atoms with van der Waals surface area (Å²) in [5.74, 6) is 0.535. The second-order valence-electron chi connectivity index (χ2n) is 3.52. The van der Waals surface area contributed by atoms with E-state index in [4.69, 9.17) is 0 Å². The van der Waals surface area contributed by atoms with Gasteiger partial charge in [0.1, 0.15) is 5.82 Å². The van der Waals surface area contributed by atoms with Gasteiger partial charge in [-0.2, -0.15) is 0 Å². The van der Waals surface area contributed by atoms with E-state index in [1.54, 1.807) is 6.07 Å². The lowest BCUT2D eigenvalue weighted by Gasteiger charge is -2.18. The van der Waals surface area contributed by atoms with Crippen molar-refractivity contribution in [2.45, 2.75) is 6.42 Å². The topological polar surface area (TPSA) is 15.3 Å². The maximum Gasteiger partial charge on any atom is 0.146 e. The second kappa shape index (κ2) is 3.33. The zero-order chi connectivity index (χ0) is 10.1. The summed E-state index contributed by atoms with van der Waals surface area (Å²) in [6.07, 6.45) is 0.843. The van der Waals surface area contributed by atoms with Crippen molar-refractivity contribution in [3.05, 3.63) is 42.0 Å². The lowest BCUT2D eigenvalue weighted by Crippen LogP contribution is -2.21. The smallest absolute Gasteiger partial charge is 0.146 e. The van der Waals surface area contributed by atoms with E-state index in [0.717, 1.165) is 24.4 Å². The SMILES string of the molecule is C=C1Nc2c(F)cccc2CCN1C. The normalized spacial score (nSPS) is 15.9. The summed E-state index contributed by atoms with van der Waals surface area (Å²) in [6, 6.07) is 5.15. The number of fused-ring (bicyclic) bond motifs is 1. The molecular formula is C11H13FN2. The van der Waals surface area contributed by atoms with E-state index in [1.165, 1.54) is 6.07 Å². The molecule has 3 heteroatoms. The molecule has 0 atom stereocenters. The fourth-order valence-electron chi connectivity index (χ4n) is 1.58. The molecule has 1 aromatic rings. The standard InChI is InChI=1S/C11H13FN2/c1-8-13-11-9(6-7-14(8)2)4-3-5-10(11)12/h3-5,13H,1,6-7H2,2H3. The summed E-state index contributed by atoms with van der Waals surface area (Å²) >= 11 is 0. The molecule has 1 aromatic carbocycles. The van der Waals surface area contributed by atoms with Crippen LogP contribution >= 0.6 is 0 Å². The Morgan fingerprint density at radius 1 is 1.50 bits per heavy atom. The number of para-hydroxylation sites is 1. The molecule has 0 saturated heterocycles. The van der Waals surface area contributed by atoms with Crippen molar-refractivity contribution in [1.82, 2.24) is 4.90 Å². The van der Waals surface area contributed by atoms with Crippen LogP contribution in [-0.4, -0.2) is 18.5 Å². The highest BCUT2D eigenvalue weighted by Crippen LogP contribution is 2.25. The van der Waals surface area contributed by atoms with Crippen molar-refractivity contribution in [3.63, 3.8) is 0 Å². The fourth-order valence-corrected chi connectivity index (χ4v) is 1.58. The summed E-state index contributed by atoms with van der Waals surface area (Å²) in [5, 5.41) is 3.00. The third kappa shape index (κ3) is 1.45. The Labute approximate surface area is 83.0 Å². The van der Waals surface area contributed by atoms with E-state index in [1.807, 2.05) is 18.0 Å². The third-order valence-corrected chi connectivity index (χ3v) is 2.55. The maximum atomic E-state index is 13.4. The molecule has 0 spiro atoms. The number of anilines is 1. The average Bonchev–Trinajstić information content (AvgIpc) is 2.30. The van der Waals surface area contributed by atoms with Crippen LogP contribution in [-0.2, 0) is 6.42 Å². The van der Waals surface area contributed by atoms with Crippen LogP contribution in [0.3, 0.4) is 0 Å². The Balaban J connectivity index is 2.43. The first kappa shape index (κ1) is 9.06. The Hall–Kier alpha value is -1.51. The van der Waals surface area contributed by atoms with Gasteiger partial charge in [0.25, 0.3) is 0 Å². The number of hydrogen-bond acceptors (Lipinski definition) is 2. The van der Waals surface area contributed by atoms with Crippen molar-refractivity contribution in [2.75, 3.05) is 18.9 Å². The lowest BCUT2D eigenvalue weighted by molar-refractivity contribution is 0.434. The predicted molar refractivity (Wildman–Crippen MR) is 55.5 cm³/mol. The van der Waals surface area contributed by atoms with Gasteiger partial charge in [-0.3, -0.25) is 0 Å². The highest BCUT2D eigenvalue weighted by Gasteiger charge is 2.15. The van der Waals surface area contributed by atoms with E-state index in [0.29, 0.717) is 5.69 Å². The number of rotatable bonds is 0. The van der Waals surface area contributed by atoms with E-state index in [9.17, 15) is 4.39 Å². The molecule has 0 aromatic heterocycles. The molecule has 0 fully saturated rings. The Kier molecular flexibility index (Phi) is 2.15. The van der Waals surface area contributed by atoms with Crippen molar-refractivity contribution in [2.24, 2.45) is 0 Å². The minimum Gasteiger partial charge on any atom is -0.361 e. The monoisotopic (exact) mass is 192 g/mol. The largest absolute Gasteiger partial charge is 0.361 e. The van der Waals surface area contributed by atoms with Crippen molar-refractivity contribution >= 4 is 5.69 Å². The number of nitrogens with zero attached hydrogens (tertiary/aromatic N) is 1. The lowest BCUT2D eigenvalue weighted by atomic mass is 10.1. The first-order valence-electron chi connectivity index (χ1n) is 4.63. The number of nitrogens with one attached hydrogen (secondary N) is 1. The Bertz CT molecular complexity index is 374. The molecule has 0 amide bonds. The maximum absolute atomic E-state index is 13.4. The predicted octanol–water partition coefficient (Wildman–Crippen LogP) is 2.20. The first-order chi connectivity index (χ1) is 6.68. The highest BCUT2D eigenvalue weighted by molar-refractivity contribution is 5.56. The molecule has 0 aliphatic carbocycles. The quantitative estimate of drug-likeness (QED) is 0.678. The van der Waals surface area contributed by atoms with Crippen LogP contribution < -0.4 is 5.32 Å². The van der Waals surface area contributed by atoms with Gasteiger partial charge in [0.05, 0.1) is 11.5 Å². The molecule has 0 unspecified atom stereocenters. The number of halogens is 1. The highest BCUT2D eigenvalue weighted by atomic mass is 19.1. The molecule has 2 nitrogen and oxygen atoms in total. The van der Waals surface area contributed by atoms with Gasteiger partial charge in [-0.05, 0) is 18.1 Å². The van der Waals surface area contributed by atoms with Crippen LogP contribution in [0, 0.1) is 5.82 Å². The Morgan fingerprint density at radius 2 is 2.29 bits per heavy atom. The zero-order valence-electron chi connectivity index (χ0n) is 8.18. The first-order valence-corrected chi connectivity index (χ1v) is 4.63. The molecule has 0 radical (unpaired) electrons. The summed E-state index contributed by atoms with van der Waals surface area (Å²) in [4.78, 5) is 1.99. The van der Waals surface area contributed by atoms with Crippen LogP contribution in [0.15, 0.2) is 30.6 Å². The van der Waals surface area contributed by atoms with E-state index in [2.05, 4.69) is 11.9 Å². The van der Waals surface area contributed by atoms with Gasteiger partial charge < -0.3 is 10.2 Å². The molecule has 1 aliphatic rings. The summed E-state index contributed by atoms with van der Waals surface area (Å²) in [5.41, 5.74) is 1.58. The van der Waals surface area contributed by atoms with Crippen LogP contribution in [0.25, 0.3) is 0 Å². The molecule has 0 saturated carbocycles. The molecule has 2 rings (SSSR count). The fraction of sp³-hybridized carbons (Fsp3) is 0.273. The van der Waals surface area contributed by atoms with E-state index in [-0.39, 0.29) is 5.82 Å². The van der Waals surface area contributed by atoms with Crippen molar-refractivity contribution in [1.29, 1.82) is 0 Å². The van der Waals surface area contributed by atoms with Crippen LogP contribution in [0.5, 0.6) is 0 Å². The van der Waals surface area contributed by atoms with Gasteiger partial charge >= 0.3 is 0 Å². The zero-order valence-corrected chi connectivity index (χ0v) is 8.18. The molecule has 14 heavy (non-hydrogen) atoms. The minimum atomic E-state index is -0.209. The molecule has 74 valence electrons. The van der Waals surface area contributed by atoms with Crippen LogP contribution in [0.1, 0.15) is 5.56 Å². The number of hydrogen-bond donors (Lipinski definition) is 1. The number of benzene rings is 1. The summed E-state index contributed by atoms with van der Waals surface area (Å²) in [6.45, 7) is 4.71. The molecular weight excluding hydrogens is 179 g/mol. The molecule has 1 heterocycles. The van der Waals surface area contributed by atoms with Gasteiger partial charge in [0, 0.05) is 13.6 Å². The van der Waals surface area contributed by atoms with Gasteiger partial charge in [0.15, 0.2) is 0 Å². The van der Waals surface area contributed by atoms with Gasteiger partial charge in [0.2, 0.25) is 0 Å². The van der Waals surface area contributed by atoms with Gasteiger partial charge in [-0.1, -0.05) is 18.7 Å². The average molecular weight is 192 g/mol. The molecule has 1 N–H and O–H groups in total. The number of likely N-dealkylation sites (N-methyl/N-ethyl adjacent to an activating group) is 1. The molecule has 1 aliphatic heterocycles. The van der Waals surface area contributed by atoms with Crippen molar-refractivity contribution in [3.8, 4) is 0 Å². The van der Waals surface area contributed by atoms with E-state index < -0.39 is 0 Å². The van der Waals surface area contributed by atoms with Crippen molar-refractivity contribution < 1.29 is 4.39 Å².